The molecule has 0 fully saturated rings. The van der Waals surface area contributed by atoms with Crippen molar-refractivity contribution in [1.82, 2.24) is 5.32 Å². The van der Waals surface area contributed by atoms with Gasteiger partial charge < -0.3 is 15.5 Å². The Labute approximate surface area is 314 Å². The first-order valence-corrected chi connectivity index (χ1v) is 23.2. The summed E-state index contributed by atoms with van der Waals surface area (Å²) in [5.41, 5.74) is 0. The molecule has 3 N–H and O–H groups in total. The van der Waals surface area contributed by atoms with Crippen LogP contribution in [0.2, 0.25) is 0 Å². The second kappa shape index (κ2) is 42.8. The summed E-state index contributed by atoms with van der Waals surface area (Å²) < 4.78 is 0. The maximum absolute atomic E-state index is 12.3. The van der Waals surface area contributed by atoms with Crippen LogP contribution in [0, 0.1) is 0 Å². The second-order valence-corrected chi connectivity index (χ2v) is 16.2. The summed E-state index contributed by atoms with van der Waals surface area (Å²) in [5.74, 6) is -0.0296. The smallest absolute Gasteiger partial charge is 0.220 e. The van der Waals surface area contributed by atoms with Crippen LogP contribution < -0.4 is 5.32 Å². The molecule has 0 aromatic rings. The number of hydrogen-bond acceptors (Lipinski definition) is 3. The van der Waals surface area contributed by atoms with Gasteiger partial charge in [-0.3, -0.25) is 4.79 Å². The molecule has 0 aliphatic rings. The molecule has 0 heterocycles. The minimum absolute atomic E-state index is 0.0296. The maximum Gasteiger partial charge on any atom is 0.220 e. The van der Waals surface area contributed by atoms with E-state index in [0.29, 0.717) is 12.8 Å². The molecule has 0 rings (SSSR count). The first kappa shape index (κ1) is 49.4. The second-order valence-electron chi connectivity index (χ2n) is 16.2. The van der Waals surface area contributed by atoms with E-state index in [1.807, 2.05) is 0 Å². The summed E-state index contributed by atoms with van der Waals surface area (Å²) in [6.45, 7) is 4.37. The Balaban J connectivity index is 3.37. The molecule has 0 spiro atoms. The molecule has 0 radical (unpaired) electrons. The summed E-state index contributed by atoms with van der Waals surface area (Å²) in [6.07, 6.45) is 52.1. The number of aliphatic hydroxyl groups excluding tert-OH is 2. The molecule has 0 saturated heterocycles. The minimum Gasteiger partial charge on any atom is -0.394 e. The van der Waals surface area contributed by atoms with Crippen molar-refractivity contribution in [3.05, 3.63) is 0 Å². The lowest BCUT2D eigenvalue weighted by Crippen LogP contribution is -2.45. The monoisotopic (exact) mass is 708 g/mol. The Morgan fingerprint density at radius 2 is 0.640 bits per heavy atom. The van der Waals surface area contributed by atoms with Gasteiger partial charge in [0.2, 0.25) is 5.91 Å². The Bertz CT molecular complexity index is 641. The van der Waals surface area contributed by atoms with Gasteiger partial charge in [-0.15, -0.1) is 0 Å². The molecule has 0 saturated carbocycles. The van der Waals surface area contributed by atoms with Gasteiger partial charge in [0.05, 0.1) is 18.8 Å². The van der Waals surface area contributed by atoms with E-state index in [1.54, 1.807) is 0 Å². The fourth-order valence-electron chi connectivity index (χ4n) is 7.54. The van der Waals surface area contributed by atoms with Crippen LogP contribution in [0.5, 0.6) is 0 Å². The summed E-state index contributed by atoms with van der Waals surface area (Å²) in [6, 6.07) is -0.528. The fourth-order valence-corrected chi connectivity index (χ4v) is 7.54. The highest BCUT2D eigenvalue weighted by Crippen LogP contribution is 2.17. The summed E-state index contributed by atoms with van der Waals surface area (Å²) in [7, 11) is 0. The van der Waals surface area contributed by atoms with E-state index in [0.717, 1.165) is 25.7 Å². The van der Waals surface area contributed by atoms with E-state index < -0.39 is 12.1 Å². The van der Waals surface area contributed by atoms with Crippen LogP contribution in [0.4, 0.5) is 0 Å². The van der Waals surface area contributed by atoms with Gasteiger partial charge >= 0.3 is 0 Å². The molecule has 0 aliphatic carbocycles. The van der Waals surface area contributed by atoms with Gasteiger partial charge in [0.1, 0.15) is 0 Å². The number of carbonyl (C=O) groups is 1. The Hall–Kier alpha value is -0.610. The lowest BCUT2D eigenvalue weighted by Gasteiger charge is -2.22. The van der Waals surface area contributed by atoms with Crippen LogP contribution in [-0.4, -0.2) is 34.9 Å². The number of aliphatic hydroxyl groups is 2. The first-order chi connectivity index (χ1) is 24.7. The van der Waals surface area contributed by atoms with Gasteiger partial charge in [-0.05, 0) is 12.8 Å². The number of hydrogen-bond donors (Lipinski definition) is 3. The van der Waals surface area contributed by atoms with Crippen molar-refractivity contribution in [3.8, 4) is 0 Å². The van der Waals surface area contributed by atoms with Crippen molar-refractivity contribution in [2.75, 3.05) is 6.61 Å². The molecule has 0 bridgehead atoms. The summed E-state index contributed by atoms with van der Waals surface area (Å²) in [4.78, 5) is 12.3. The van der Waals surface area contributed by atoms with Gasteiger partial charge in [-0.2, -0.15) is 0 Å². The number of amides is 1. The van der Waals surface area contributed by atoms with E-state index in [-0.39, 0.29) is 12.5 Å². The topological polar surface area (TPSA) is 69.6 Å². The van der Waals surface area contributed by atoms with Gasteiger partial charge in [0.15, 0.2) is 0 Å². The molecular formula is C46H93NO3. The largest absolute Gasteiger partial charge is 0.394 e. The molecular weight excluding hydrogens is 615 g/mol. The van der Waals surface area contributed by atoms with E-state index in [2.05, 4.69) is 19.2 Å². The minimum atomic E-state index is -0.652. The zero-order chi connectivity index (χ0) is 36.4. The van der Waals surface area contributed by atoms with Crippen LogP contribution in [0.25, 0.3) is 0 Å². The third-order valence-electron chi connectivity index (χ3n) is 11.1. The molecule has 0 aliphatic heterocycles. The van der Waals surface area contributed by atoms with Crippen molar-refractivity contribution < 1.29 is 15.0 Å². The van der Waals surface area contributed by atoms with E-state index in [4.69, 9.17) is 0 Å². The molecule has 0 aromatic carbocycles. The van der Waals surface area contributed by atoms with Crippen LogP contribution in [0.1, 0.15) is 271 Å². The highest BCUT2D eigenvalue weighted by Gasteiger charge is 2.20. The standard InChI is InChI=1S/C46H93NO3/c1-3-5-7-9-11-13-15-16-17-18-19-20-21-22-23-24-25-26-27-28-29-30-31-32-33-35-37-39-41-45(49)44(43-48)47-46(50)42-40-38-36-34-14-12-10-8-6-4-2/h44-45,48-49H,3-43H2,1-2H3,(H,47,50). The van der Waals surface area contributed by atoms with Crippen molar-refractivity contribution in [2.45, 2.75) is 283 Å². The van der Waals surface area contributed by atoms with E-state index in [9.17, 15) is 15.0 Å². The molecule has 50 heavy (non-hydrogen) atoms. The van der Waals surface area contributed by atoms with Crippen LogP contribution >= 0.6 is 0 Å². The molecule has 4 nitrogen and oxygen atoms in total. The lowest BCUT2D eigenvalue weighted by atomic mass is 10.0. The normalized spacial score (nSPS) is 12.8. The van der Waals surface area contributed by atoms with Crippen LogP contribution in [0.15, 0.2) is 0 Å². The number of nitrogens with one attached hydrogen (secondary N) is 1. The fraction of sp³-hybridized carbons (Fsp3) is 0.978. The Kier molecular flexibility index (Phi) is 42.3. The molecule has 2 atom stereocenters. The maximum atomic E-state index is 12.3. The van der Waals surface area contributed by atoms with Crippen LogP contribution in [0.3, 0.4) is 0 Å². The highest BCUT2D eigenvalue weighted by molar-refractivity contribution is 5.76. The van der Waals surface area contributed by atoms with Crippen molar-refractivity contribution in [3.63, 3.8) is 0 Å². The van der Waals surface area contributed by atoms with Crippen molar-refractivity contribution in [1.29, 1.82) is 0 Å². The highest BCUT2D eigenvalue weighted by atomic mass is 16.3. The Morgan fingerprint density at radius 1 is 0.400 bits per heavy atom. The molecule has 300 valence electrons. The average molecular weight is 708 g/mol. The Morgan fingerprint density at radius 3 is 0.900 bits per heavy atom. The number of carbonyl (C=O) groups excluding carboxylic acids is 1. The number of unbranched alkanes of at least 4 members (excludes halogenated alkanes) is 36. The predicted molar refractivity (Wildman–Crippen MR) is 221 cm³/mol. The number of rotatable bonds is 43. The van der Waals surface area contributed by atoms with Crippen molar-refractivity contribution in [2.24, 2.45) is 0 Å². The summed E-state index contributed by atoms with van der Waals surface area (Å²) in [5, 5.41) is 23.1. The zero-order valence-corrected chi connectivity index (χ0v) is 34.4. The third-order valence-corrected chi connectivity index (χ3v) is 11.1. The van der Waals surface area contributed by atoms with Gasteiger partial charge in [0.25, 0.3) is 0 Å². The average Bonchev–Trinajstić information content (AvgIpc) is 3.12. The van der Waals surface area contributed by atoms with E-state index in [1.165, 1.54) is 218 Å². The molecule has 0 aromatic heterocycles. The van der Waals surface area contributed by atoms with Crippen LogP contribution in [-0.2, 0) is 4.79 Å². The quantitative estimate of drug-likeness (QED) is 0.0553. The van der Waals surface area contributed by atoms with Crippen molar-refractivity contribution >= 4 is 5.91 Å². The van der Waals surface area contributed by atoms with Gasteiger partial charge in [-0.25, -0.2) is 0 Å². The third kappa shape index (κ3) is 38.6. The predicted octanol–water partition coefficient (Wildman–Crippen LogP) is 14.5. The first-order valence-electron chi connectivity index (χ1n) is 23.2. The van der Waals surface area contributed by atoms with E-state index >= 15 is 0 Å². The molecule has 2 unspecified atom stereocenters. The SMILES string of the molecule is CCCCCCCCCCCCCCCCCCCCCCCCCCCCCCC(O)C(CO)NC(=O)CCCCCCCCCCCC. The van der Waals surface area contributed by atoms with Gasteiger partial charge in [0, 0.05) is 6.42 Å². The molecule has 1 amide bonds. The summed E-state index contributed by atoms with van der Waals surface area (Å²) >= 11 is 0. The zero-order valence-electron chi connectivity index (χ0n) is 34.4. The van der Waals surface area contributed by atoms with Gasteiger partial charge in [-0.1, -0.05) is 251 Å². The molecule has 4 heteroatoms. The lowest BCUT2D eigenvalue weighted by molar-refractivity contribution is -0.123.